The van der Waals surface area contributed by atoms with Crippen molar-refractivity contribution in [1.82, 2.24) is 5.32 Å². The van der Waals surface area contributed by atoms with Gasteiger partial charge in [0.15, 0.2) is 0 Å². The van der Waals surface area contributed by atoms with E-state index in [-0.39, 0.29) is 19.1 Å². The minimum Gasteiger partial charge on any atom is -0.387 e. The van der Waals surface area contributed by atoms with Crippen LogP contribution in [0, 0.1) is 0 Å². The van der Waals surface area contributed by atoms with Crippen LogP contribution in [0.3, 0.4) is 0 Å². The molecule has 0 spiro atoms. The molecular weight excluding hydrogens is 1030 g/mol. The number of aliphatic hydroxyl groups excluding tert-OH is 1. The number of nitrogens with one attached hydrogen (secondary N) is 1. The van der Waals surface area contributed by atoms with E-state index in [1.165, 1.54) is 161 Å². The molecular formula is C73H130N2O6P+. The summed E-state index contributed by atoms with van der Waals surface area (Å²) in [5, 5.41) is 14.0. The number of allylic oxidation sites excluding steroid dienone is 19. The van der Waals surface area contributed by atoms with Crippen molar-refractivity contribution in [3.8, 4) is 0 Å². The Morgan fingerprint density at radius 2 is 0.744 bits per heavy atom. The summed E-state index contributed by atoms with van der Waals surface area (Å²) in [5.41, 5.74) is 0. The number of amides is 1. The average Bonchev–Trinajstić information content (AvgIpc) is 3.47. The van der Waals surface area contributed by atoms with Gasteiger partial charge >= 0.3 is 7.82 Å². The molecule has 0 aliphatic heterocycles. The largest absolute Gasteiger partial charge is 0.472 e. The molecule has 3 N–H and O–H groups in total. The average molecular weight is 1160 g/mol. The molecule has 0 aromatic rings. The van der Waals surface area contributed by atoms with Crippen LogP contribution in [-0.4, -0.2) is 73.4 Å². The summed E-state index contributed by atoms with van der Waals surface area (Å²) >= 11 is 0. The Morgan fingerprint density at radius 3 is 1.12 bits per heavy atom. The smallest absolute Gasteiger partial charge is 0.387 e. The highest BCUT2D eigenvalue weighted by atomic mass is 31.2. The van der Waals surface area contributed by atoms with Gasteiger partial charge in [-0.05, 0) is 96.3 Å². The molecule has 0 aromatic heterocycles. The minimum absolute atomic E-state index is 0.0442. The first kappa shape index (κ1) is 78.9. The van der Waals surface area contributed by atoms with E-state index in [9.17, 15) is 19.4 Å². The summed E-state index contributed by atoms with van der Waals surface area (Å²) in [7, 11) is 1.52. The second-order valence-electron chi connectivity index (χ2n) is 23.8. The second-order valence-corrected chi connectivity index (χ2v) is 25.3. The molecule has 3 unspecified atom stereocenters. The molecule has 0 aliphatic carbocycles. The third-order valence-corrected chi connectivity index (χ3v) is 15.6. The lowest BCUT2D eigenvalue weighted by atomic mass is 10.0. The van der Waals surface area contributed by atoms with Crippen LogP contribution in [0.4, 0.5) is 0 Å². The Morgan fingerprint density at radius 1 is 0.427 bits per heavy atom. The molecule has 9 heteroatoms. The van der Waals surface area contributed by atoms with Crippen LogP contribution < -0.4 is 5.32 Å². The highest BCUT2D eigenvalue weighted by molar-refractivity contribution is 7.47. The van der Waals surface area contributed by atoms with Crippen molar-refractivity contribution in [1.29, 1.82) is 0 Å². The second kappa shape index (κ2) is 62.4. The molecule has 82 heavy (non-hydrogen) atoms. The van der Waals surface area contributed by atoms with Gasteiger partial charge in [0.1, 0.15) is 13.2 Å². The van der Waals surface area contributed by atoms with Crippen LogP contribution in [0.2, 0.25) is 0 Å². The number of rotatable bonds is 61. The maximum absolute atomic E-state index is 13.0. The zero-order chi connectivity index (χ0) is 59.8. The van der Waals surface area contributed by atoms with E-state index >= 15 is 0 Å². The molecule has 3 atom stereocenters. The maximum Gasteiger partial charge on any atom is 0.472 e. The molecule has 0 saturated carbocycles. The van der Waals surface area contributed by atoms with Crippen LogP contribution in [0.5, 0.6) is 0 Å². The van der Waals surface area contributed by atoms with Gasteiger partial charge in [-0.3, -0.25) is 13.8 Å². The van der Waals surface area contributed by atoms with Gasteiger partial charge in [-0.25, -0.2) is 4.57 Å². The molecule has 0 heterocycles. The summed E-state index contributed by atoms with van der Waals surface area (Å²) < 4.78 is 23.8. The Balaban J connectivity index is 4.23. The number of hydrogen-bond acceptors (Lipinski definition) is 5. The number of likely N-dealkylation sites (N-methyl/N-ethyl adjacent to an activating group) is 1. The van der Waals surface area contributed by atoms with Crippen LogP contribution in [0.15, 0.2) is 122 Å². The van der Waals surface area contributed by atoms with Gasteiger partial charge in [0, 0.05) is 6.42 Å². The summed E-state index contributed by atoms with van der Waals surface area (Å²) in [6.45, 7) is 4.67. The fourth-order valence-corrected chi connectivity index (χ4v) is 10.2. The van der Waals surface area contributed by atoms with E-state index < -0.39 is 20.0 Å². The van der Waals surface area contributed by atoms with E-state index in [1.54, 1.807) is 6.08 Å². The van der Waals surface area contributed by atoms with Crippen LogP contribution >= 0.6 is 7.82 Å². The lowest BCUT2D eigenvalue weighted by Gasteiger charge is -2.25. The fraction of sp³-hybridized carbons (Fsp3) is 0.712. The van der Waals surface area contributed by atoms with E-state index in [4.69, 9.17) is 9.05 Å². The molecule has 0 rings (SSSR count). The topological polar surface area (TPSA) is 105 Å². The molecule has 0 radical (unpaired) electrons. The zero-order valence-corrected chi connectivity index (χ0v) is 54.8. The number of hydrogen-bond donors (Lipinski definition) is 3. The van der Waals surface area contributed by atoms with E-state index in [0.717, 1.165) is 103 Å². The van der Waals surface area contributed by atoms with Gasteiger partial charge in [-0.15, -0.1) is 0 Å². The number of quaternary nitrogens is 1. The van der Waals surface area contributed by atoms with Crippen LogP contribution in [0.1, 0.15) is 284 Å². The van der Waals surface area contributed by atoms with Gasteiger partial charge in [0.25, 0.3) is 0 Å². The Kier molecular flexibility index (Phi) is 60.1. The van der Waals surface area contributed by atoms with Crippen molar-refractivity contribution < 1.29 is 32.9 Å². The number of nitrogens with zero attached hydrogens (tertiary/aromatic N) is 1. The minimum atomic E-state index is -4.38. The van der Waals surface area contributed by atoms with E-state index in [0.29, 0.717) is 17.4 Å². The molecule has 0 fully saturated rings. The molecule has 0 bridgehead atoms. The lowest BCUT2D eigenvalue weighted by Crippen LogP contribution is -2.45. The monoisotopic (exact) mass is 1160 g/mol. The highest BCUT2D eigenvalue weighted by Gasteiger charge is 2.27. The van der Waals surface area contributed by atoms with Gasteiger partial charge in [0.2, 0.25) is 5.91 Å². The third-order valence-electron chi connectivity index (χ3n) is 14.7. The number of phosphoric acid groups is 1. The number of unbranched alkanes of at least 4 members (excludes halogenated alkanes) is 30. The van der Waals surface area contributed by atoms with Gasteiger partial charge in [-0.1, -0.05) is 302 Å². The van der Waals surface area contributed by atoms with Gasteiger partial charge in [-0.2, -0.15) is 0 Å². The fourth-order valence-electron chi connectivity index (χ4n) is 9.43. The van der Waals surface area contributed by atoms with Gasteiger partial charge in [0.05, 0.1) is 39.9 Å². The Bertz CT molecular complexity index is 1750. The SMILES string of the molecule is CC/C=C\C/C=C\C/C=C\C/C=C\C/C=C\C/C=C\C/C=C\C/C=C\CCCCCCC(=O)NC(COP(=O)(O)OCC[N+](C)(C)C)C(O)/C=C/CC/C=C/CCCCCCCCCCCCCCCCCCCCCCCCCCC. The van der Waals surface area contributed by atoms with Gasteiger partial charge < -0.3 is 19.8 Å². The first-order chi connectivity index (χ1) is 40.0. The molecule has 1 amide bonds. The number of carbonyl (C=O) groups excluding carboxylic acids is 1. The molecule has 8 nitrogen and oxygen atoms in total. The van der Waals surface area contributed by atoms with Crippen molar-refractivity contribution in [3.05, 3.63) is 122 Å². The lowest BCUT2D eigenvalue weighted by molar-refractivity contribution is -0.870. The Labute approximate surface area is 507 Å². The molecule has 0 aromatic carbocycles. The summed E-state index contributed by atoms with van der Waals surface area (Å²) in [4.78, 5) is 23.4. The third kappa shape index (κ3) is 64.5. The number of phosphoric ester groups is 1. The number of carbonyl (C=O) groups is 1. The van der Waals surface area contributed by atoms with Crippen molar-refractivity contribution in [2.75, 3.05) is 40.9 Å². The quantitative estimate of drug-likeness (QED) is 0.0243. The first-order valence-electron chi connectivity index (χ1n) is 33.9. The van der Waals surface area contributed by atoms with Crippen LogP contribution in [-0.2, 0) is 18.4 Å². The van der Waals surface area contributed by atoms with Crippen molar-refractivity contribution in [3.63, 3.8) is 0 Å². The predicted octanol–water partition coefficient (Wildman–Crippen LogP) is 21.7. The molecule has 0 aliphatic rings. The Hall–Kier alpha value is -3.10. The maximum atomic E-state index is 13.0. The zero-order valence-electron chi connectivity index (χ0n) is 53.9. The highest BCUT2D eigenvalue weighted by Crippen LogP contribution is 2.43. The van der Waals surface area contributed by atoms with E-state index in [1.807, 2.05) is 27.2 Å². The number of aliphatic hydroxyl groups is 1. The normalized spacial score (nSPS) is 14.5. The van der Waals surface area contributed by atoms with Crippen molar-refractivity contribution in [2.45, 2.75) is 296 Å². The molecule has 0 saturated heterocycles. The van der Waals surface area contributed by atoms with E-state index in [2.05, 4.69) is 129 Å². The first-order valence-corrected chi connectivity index (χ1v) is 35.4. The predicted molar refractivity (Wildman–Crippen MR) is 359 cm³/mol. The van der Waals surface area contributed by atoms with Crippen LogP contribution in [0.25, 0.3) is 0 Å². The summed E-state index contributed by atoms with van der Waals surface area (Å²) in [6.07, 6.45) is 93.4. The summed E-state index contributed by atoms with van der Waals surface area (Å²) in [5.74, 6) is -0.214. The van der Waals surface area contributed by atoms with Crippen molar-refractivity contribution in [2.24, 2.45) is 0 Å². The standard InChI is InChI=1S/C73H129N2O6P/c1-6-8-10-12-14-16-18-20-22-24-26-28-30-32-34-36-37-39-40-42-44-46-48-50-52-54-56-58-60-62-64-66-72(76)71(70-81-82(78,79)80-69-68-75(3,4)5)74-73(77)67-65-63-61-59-57-55-53-51-49-47-45-43-41-38-35-33-31-29-27-25-23-21-19-17-15-13-11-9-7-2/h9,11,15,17,21,23,27,29,33,35,41,43,47,49,53,55-56,58,64,66,71-72,76H,6-8,10,12-14,16,18-20,22,24-26,28,30-32,34,36-40,42,44-46,48,50-52,54,57,59-63,65,67-70H2,1-5H3,(H-,74,77,78,79)/p+1/b11-9-,17-15-,23-21-,29-27-,35-33-,43-41-,49-47-,55-53-,58-56+,66-64+. The van der Waals surface area contributed by atoms with Crippen molar-refractivity contribution >= 4 is 13.7 Å². The molecule has 472 valence electrons. The summed E-state index contributed by atoms with van der Waals surface area (Å²) in [6, 6.07) is -0.889.